The SMILES string of the molecule is C=CC(=O)N[C@@H](O)C(OC)OC. The van der Waals surface area contributed by atoms with Gasteiger partial charge in [-0.1, -0.05) is 6.58 Å². The molecule has 1 amide bonds. The Labute approximate surface area is 71.0 Å². The molecule has 0 aromatic carbocycles. The molecule has 1 atom stereocenters. The van der Waals surface area contributed by atoms with Gasteiger partial charge in [0.2, 0.25) is 12.2 Å². The first-order valence-corrected chi connectivity index (χ1v) is 3.32. The molecule has 0 radical (unpaired) electrons. The van der Waals surface area contributed by atoms with Crippen molar-refractivity contribution >= 4 is 5.91 Å². The number of amides is 1. The van der Waals surface area contributed by atoms with Gasteiger partial charge in [-0.25, -0.2) is 0 Å². The number of hydrogen-bond acceptors (Lipinski definition) is 4. The number of hydrogen-bond donors (Lipinski definition) is 2. The first-order chi connectivity index (χ1) is 5.65. The fourth-order valence-corrected chi connectivity index (χ4v) is 0.627. The van der Waals surface area contributed by atoms with E-state index in [1.165, 1.54) is 14.2 Å². The number of nitrogens with one attached hydrogen (secondary N) is 1. The Kier molecular flexibility index (Phi) is 5.27. The van der Waals surface area contributed by atoms with Crippen LogP contribution in [0.3, 0.4) is 0 Å². The third-order valence-electron chi connectivity index (χ3n) is 1.20. The van der Waals surface area contributed by atoms with Gasteiger partial charge in [0.25, 0.3) is 0 Å². The molecule has 0 unspecified atom stereocenters. The Morgan fingerprint density at radius 1 is 1.58 bits per heavy atom. The third-order valence-corrected chi connectivity index (χ3v) is 1.20. The third kappa shape index (κ3) is 3.47. The zero-order valence-corrected chi connectivity index (χ0v) is 7.11. The molecule has 70 valence electrons. The van der Waals surface area contributed by atoms with Crippen LogP contribution in [0.1, 0.15) is 0 Å². The molecule has 12 heavy (non-hydrogen) atoms. The van der Waals surface area contributed by atoms with Gasteiger partial charge in [0.15, 0.2) is 6.23 Å². The molecule has 0 aliphatic heterocycles. The quantitative estimate of drug-likeness (QED) is 0.425. The summed E-state index contributed by atoms with van der Waals surface area (Å²) >= 11 is 0. The van der Waals surface area contributed by atoms with Crippen LogP contribution in [-0.4, -0.2) is 37.8 Å². The van der Waals surface area contributed by atoms with Crippen molar-refractivity contribution in [2.45, 2.75) is 12.5 Å². The van der Waals surface area contributed by atoms with E-state index in [0.29, 0.717) is 0 Å². The van der Waals surface area contributed by atoms with Crippen LogP contribution in [0.25, 0.3) is 0 Å². The Hall–Kier alpha value is -0.910. The Morgan fingerprint density at radius 3 is 2.42 bits per heavy atom. The summed E-state index contributed by atoms with van der Waals surface area (Å²) in [6.07, 6.45) is -1.01. The fourth-order valence-electron chi connectivity index (χ4n) is 0.627. The van der Waals surface area contributed by atoms with E-state index >= 15 is 0 Å². The van der Waals surface area contributed by atoms with E-state index in [0.717, 1.165) is 6.08 Å². The fraction of sp³-hybridized carbons (Fsp3) is 0.571. The van der Waals surface area contributed by atoms with Gasteiger partial charge in [-0.05, 0) is 6.08 Å². The molecule has 0 saturated carbocycles. The van der Waals surface area contributed by atoms with Crippen LogP contribution in [0, 0.1) is 0 Å². The average Bonchev–Trinajstić information content (AvgIpc) is 2.06. The largest absolute Gasteiger partial charge is 0.369 e. The van der Waals surface area contributed by atoms with E-state index in [9.17, 15) is 9.90 Å². The minimum Gasteiger partial charge on any atom is -0.369 e. The zero-order chi connectivity index (χ0) is 9.56. The lowest BCUT2D eigenvalue weighted by atomic mass is 10.5. The molecule has 0 spiro atoms. The maximum atomic E-state index is 10.7. The highest BCUT2D eigenvalue weighted by Gasteiger charge is 2.18. The topological polar surface area (TPSA) is 67.8 Å². The minimum absolute atomic E-state index is 0.485. The van der Waals surface area contributed by atoms with Crippen molar-refractivity contribution in [1.82, 2.24) is 5.32 Å². The molecular formula is C7H13NO4. The van der Waals surface area contributed by atoms with Gasteiger partial charge >= 0.3 is 0 Å². The molecule has 0 saturated heterocycles. The molecule has 0 fully saturated rings. The molecule has 0 aromatic rings. The summed E-state index contributed by atoms with van der Waals surface area (Å²) < 4.78 is 9.37. The van der Waals surface area contributed by atoms with E-state index in [1.54, 1.807) is 0 Å². The minimum atomic E-state index is -1.19. The van der Waals surface area contributed by atoms with Gasteiger partial charge in [-0.3, -0.25) is 4.79 Å². The van der Waals surface area contributed by atoms with E-state index in [-0.39, 0.29) is 0 Å². The number of aliphatic hydroxyl groups is 1. The van der Waals surface area contributed by atoms with Gasteiger partial charge in [0.1, 0.15) is 0 Å². The van der Waals surface area contributed by atoms with Crippen LogP contribution in [-0.2, 0) is 14.3 Å². The summed E-state index contributed by atoms with van der Waals surface area (Å²) in [6.45, 7) is 3.22. The van der Waals surface area contributed by atoms with Crippen LogP contribution >= 0.6 is 0 Å². The second kappa shape index (κ2) is 5.70. The summed E-state index contributed by atoms with van der Waals surface area (Å²) in [5, 5.41) is 11.4. The smallest absolute Gasteiger partial charge is 0.245 e. The van der Waals surface area contributed by atoms with Crippen LogP contribution in [0.15, 0.2) is 12.7 Å². The van der Waals surface area contributed by atoms with Gasteiger partial charge in [-0.2, -0.15) is 0 Å². The number of methoxy groups -OCH3 is 2. The van der Waals surface area contributed by atoms with Gasteiger partial charge in [0, 0.05) is 14.2 Å². The molecule has 5 nitrogen and oxygen atoms in total. The number of carbonyl (C=O) groups excluding carboxylic acids is 1. The normalized spacial score (nSPS) is 12.7. The average molecular weight is 175 g/mol. The number of rotatable bonds is 5. The van der Waals surface area contributed by atoms with E-state index < -0.39 is 18.4 Å². The summed E-state index contributed by atoms with van der Waals surface area (Å²) in [6, 6.07) is 0. The summed E-state index contributed by atoms with van der Waals surface area (Å²) in [5.41, 5.74) is 0. The van der Waals surface area contributed by atoms with E-state index in [2.05, 4.69) is 21.4 Å². The highest BCUT2D eigenvalue weighted by atomic mass is 16.7. The molecule has 0 bridgehead atoms. The lowest BCUT2D eigenvalue weighted by Gasteiger charge is -2.19. The molecule has 5 heteroatoms. The monoisotopic (exact) mass is 175 g/mol. The molecule has 0 aliphatic rings. The van der Waals surface area contributed by atoms with Crippen molar-refractivity contribution in [3.05, 3.63) is 12.7 Å². The number of carbonyl (C=O) groups is 1. The van der Waals surface area contributed by atoms with Crippen LogP contribution < -0.4 is 5.32 Å². The summed E-state index contributed by atoms with van der Waals surface area (Å²) in [4.78, 5) is 10.7. The number of ether oxygens (including phenoxy) is 2. The van der Waals surface area contributed by atoms with Crippen LogP contribution in [0.5, 0.6) is 0 Å². The standard InChI is InChI=1S/C7H13NO4/c1-4-5(9)8-6(10)7(11-2)12-3/h4,6-7,10H,1H2,2-3H3,(H,8,9)/t6-/m0/s1. The Bertz CT molecular complexity index is 155. The predicted molar refractivity (Wildman–Crippen MR) is 42.2 cm³/mol. The first kappa shape index (κ1) is 11.1. The maximum Gasteiger partial charge on any atom is 0.245 e. The molecular weight excluding hydrogens is 162 g/mol. The lowest BCUT2D eigenvalue weighted by Crippen LogP contribution is -2.44. The molecule has 0 aromatic heterocycles. The van der Waals surface area contributed by atoms with Crippen molar-refractivity contribution < 1.29 is 19.4 Å². The zero-order valence-electron chi connectivity index (χ0n) is 7.11. The summed E-state index contributed by atoms with van der Waals surface area (Å²) in [5.74, 6) is -0.485. The van der Waals surface area contributed by atoms with Crippen LogP contribution in [0.2, 0.25) is 0 Å². The van der Waals surface area contributed by atoms with Gasteiger partial charge < -0.3 is 19.9 Å². The second-order valence-electron chi connectivity index (χ2n) is 2.00. The Balaban J connectivity index is 3.91. The van der Waals surface area contributed by atoms with Gasteiger partial charge in [-0.15, -0.1) is 0 Å². The van der Waals surface area contributed by atoms with Crippen molar-refractivity contribution in [1.29, 1.82) is 0 Å². The van der Waals surface area contributed by atoms with Crippen molar-refractivity contribution in [2.75, 3.05) is 14.2 Å². The van der Waals surface area contributed by atoms with Gasteiger partial charge in [0.05, 0.1) is 0 Å². The molecule has 0 aliphatic carbocycles. The maximum absolute atomic E-state index is 10.7. The summed E-state index contributed by atoms with van der Waals surface area (Å²) in [7, 11) is 2.72. The predicted octanol–water partition coefficient (Wildman–Crippen LogP) is -0.774. The first-order valence-electron chi connectivity index (χ1n) is 3.32. The second-order valence-corrected chi connectivity index (χ2v) is 2.00. The highest BCUT2D eigenvalue weighted by Crippen LogP contribution is 1.95. The highest BCUT2D eigenvalue weighted by molar-refractivity contribution is 5.86. The number of aliphatic hydroxyl groups excluding tert-OH is 1. The van der Waals surface area contributed by atoms with Crippen molar-refractivity contribution in [3.8, 4) is 0 Å². The molecule has 0 heterocycles. The lowest BCUT2D eigenvalue weighted by molar-refractivity contribution is -0.175. The van der Waals surface area contributed by atoms with Crippen LogP contribution in [0.4, 0.5) is 0 Å². The molecule has 2 N–H and O–H groups in total. The van der Waals surface area contributed by atoms with Crippen molar-refractivity contribution in [3.63, 3.8) is 0 Å². The van der Waals surface area contributed by atoms with Crippen molar-refractivity contribution in [2.24, 2.45) is 0 Å². The van der Waals surface area contributed by atoms with E-state index in [1.807, 2.05) is 0 Å². The Morgan fingerprint density at radius 2 is 2.08 bits per heavy atom. The molecule has 0 rings (SSSR count). The van der Waals surface area contributed by atoms with E-state index in [4.69, 9.17) is 0 Å².